The number of carbonyl (C=O) groups is 1. The van der Waals surface area contributed by atoms with Crippen LogP contribution in [0.5, 0.6) is 0 Å². The molecule has 4 heterocycles. The van der Waals surface area contributed by atoms with Gasteiger partial charge in [-0.1, -0.05) is 6.42 Å². The minimum Gasteiger partial charge on any atom is -0.481 e. The Bertz CT molecular complexity index is 1160. The topological polar surface area (TPSA) is 96.7 Å². The minimum absolute atomic E-state index is 0.000777. The van der Waals surface area contributed by atoms with Crippen LogP contribution in [0.3, 0.4) is 0 Å². The summed E-state index contributed by atoms with van der Waals surface area (Å²) < 4.78 is 8.47. The van der Waals surface area contributed by atoms with E-state index in [1.54, 1.807) is 0 Å². The number of likely N-dealkylation sites (tertiary alicyclic amines) is 1. The molecule has 2 aliphatic carbocycles. The molecule has 0 spiro atoms. The number of ether oxygens (including phenoxy) is 1. The number of aryl methyl sites for hydroxylation is 2. The van der Waals surface area contributed by atoms with Crippen LogP contribution in [-0.2, 0) is 28.9 Å². The van der Waals surface area contributed by atoms with Gasteiger partial charge in [-0.2, -0.15) is 11.8 Å². The van der Waals surface area contributed by atoms with Crippen molar-refractivity contribution in [2.24, 2.45) is 17.8 Å². The zero-order valence-corrected chi connectivity index (χ0v) is 26.2. The fraction of sp³-hybridized carbons (Fsp3) is 0.839. The van der Waals surface area contributed by atoms with E-state index in [1.807, 2.05) is 23.3 Å². The van der Waals surface area contributed by atoms with Gasteiger partial charge in [0, 0.05) is 40.1 Å². The second-order valence-electron chi connectivity index (χ2n) is 13.3. The second kappa shape index (κ2) is 12.8. The van der Waals surface area contributed by atoms with Crippen molar-refractivity contribution in [2.45, 2.75) is 119 Å². The molecule has 1 saturated carbocycles. The van der Waals surface area contributed by atoms with Crippen molar-refractivity contribution in [1.82, 2.24) is 19.8 Å². The van der Waals surface area contributed by atoms with Crippen molar-refractivity contribution < 1.29 is 14.6 Å². The van der Waals surface area contributed by atoms with Crippen molar-refractivity contribution in [3.63, 3.8) is 0 Å². The standard InChI is InChI=1S/C31H47ClN4O4S/c1-18-14-23(29-28(33-18)25(17-41-29)31(38)39)22-15-20(32)6-9-27(22)40-13-12-36-19(2)34-26-8-7-21(16-24(26)30(36)37)35-10-4-3-5-11-35/h18,20-23,25,27-29,33H,3-17H2,1-2H3,(H,38,39)/t18?,20?,21-,22?,23?,25?,27?,28?,29?/m0/s1. The summed E-state index contributed by atoms with van der Waals surface area (Å²) in [5.74, 6) is 1.08. The molecule has 8 nitrogen and oxygen atoms in total. The number of hydrogen-bond acceptors (Lipinski definition) is 7. The number of nitrogens with zero attached hydrogens (tertiary/aromatic N) is 3. The Morgan fingerprint density at radius 3 is 2.76 bits per heavy atom. The lowest BCUT2D eigenvalue weighted by atomic mass is 9.70. The molecule has 3 saturated heterocycles. The Morgan fingerprint density at radius 1 is 1.17 bits per heavy atom. The Hall–Kier alpha value is -1.13. The molecule has 5 aliphatic rings. The molecule has 9 atom stereocenters. The lowest BCUT2D eigenvalue weighted by molar-refractivity contribution is -0.142. The van der Waals surface area contributed by atoms with Crippen LogP contribution in [0.15, 0.2) is 4.79 Å². The molecule has 4 fully saturated rings. The van der Waals surface area contributed by atoms with Gasteiger partial charge in [-0.15, -0.1) is 11.6 Å². The predicted octanol–water partition coefficient (Wildman–Crippen LogP) is 3.87. The third kappa shape index (κ3) is 6.26. The monoisotopic (exact) mass is 606 g/mol. The van der Waals surface area contributed by atoms with E-state index in [9.17, 15) is 14.7 Å². The number of fused-ring (bicyclic) bond motifs is 2. The average molecular weight is 607 g/mol. The molecule has 0 aromatic carbocycles. The molecular formula is C31H47ClN4O4S. The third-order valence-corrected chi connectivity index (χ3v) is 12.6. The lowest BCUT2D eigenvalue weighted by Crippen LogP contribution is -2.57. The van der Waals surface area contributed by atoms with Gasteiger partial charge in [-0.3, -0.25) is 14.2 Å². The summed E-state index contributed by atoms with van der Waals surface area (Å²) in [6.07, 6.45) is 10.5. The number of carboxylic acids is 1. The number of piperidine rings is 2. The molecule has 0 radical (unpaired) electrons. The number of carboxylic acid groups (broad SMARTS) is 1. The van der Waals surface area contributed by atoms with Gasteiger partial charge in [0.1, 0.15) is 5.82 Å². The van der Waals surface area contributed by atoms with E-state index in [1.165, 1.54) is 19.3 Å². The van der Waals surface area contributed by atoms with Gasteiger partial charge in [0.25, 0.3) is 5.56 Å². The first-order chi connectivity index (χ1) is 19.8. The summed E-state index contributed by atoms with van der Waals surface area (Å²) in [4.78, 5) is 33.2. The van der Waals surface area contributed by atoms with Crippen molar-refractivity contribution in [1.29, 1.82) is 0 Å². The molecule has 1 aromatic heterocycles. The highest BCUT2D eigenvalue weighted by molar-refractivity contribution is 8.00. The van der Waals surface area contributed by atoms with Crippen molar-refractivity contribution in [3.05, 3.63) is 27.4 Å². The Labute approximate surface area is 253 Å². The third-order valence-electron chi connectivity index (χ3n) is 10.7. The van der Waals surface area contributed by atoms with E-state index in [0.717, 1.165) is 75.1 Å². The normalized spacial score (nSPS) is 37.9. The Kier molecular flexibility index (Phi) is 9.38. The van der Waals surface area contributed by atoms with Crippen LogP contribution in [0.25, 0.3) is 0 Å². The minimum atomic E-state index is -0.696. The molecule has 41 heavy (non-hydrogen) atoms. The predicted molar refractivity (Wildman–Crippen MR) is 163 cm³/mol. The summed E-state index contributed by atoms with van der Waals surface area (Å²) in [6.45, 7) is 7.42. The van der Waals surface area contributed by atoms with Crippen molar-refractivity contribution >= 4 is 29.3 Å². The molecule has 1 aromatic rings. The molecule has 0 amide bonds. The maximum absolute atomic E-state index is 13.7. The largest absolute Gasteiger partial charge is 0.481 e. The number of aliphatic carboxylic acids is 1. The zero-order valence-electron chi connectivity index (χ0n) is 24.6. The molecular weight excluding hydrogens is 560 g/mol. The molecule has 228 valence electrons. The average Bonchev–Trinajstić information content (AvgIpc) is 3.39. The molecule has 2 N–H and O–H groups in total. The Balaban J connectivity index is 1.14. The van der Waals surface area contributed by atoms with Crippen LogP contribution in [0, 0.1) is 24.7 Å². The quantitative estimate of drug-likeness (QED) is 0.452. The van der Waals surface area contributed by atoms with Gasteiger partial charge in [0.2, 0.25) is 0 Å². The van der Waals surface area contributed by atoms with Gasteiger partial charge < -0.3 is 20.1 Å². The summed E-state index contributed by atoms with van der Waals surface area (Å²) in [5.41, 5.74) is 2.04. The van der Waals surface area contributed by atoms with Gasteiger partial charge in [0.15, 0.2) is 0 Å². The number of nitrogens with one attached hydrogen (secondary N) is 1. The molecule has 8 unspecified atom stereocenters. The molecule has 3 aliphatic heterocycles. The number of alkyl halides is 1. The first kappa shape index (κ1) is 29.9. The van der Waals surface area contributed by atoms with Crippen LogP contribution in [0.2, 0.25) is 0 Å². The van der Waals surface area contributed by atoms with Crippen molar-refractivity contribution in [2.75, 3.05) is 25.4 Å². The fourth-order valence-electron chi connectivity index (χ4n) is 8.58. The highest BCUT2D eigenvalue weighted by Gasteiger charge is 2.51. The van der Waals surface area contributed by atoms with Gasteiger partial charge in [-0.25, -0.2) is 4.98 Å². The summed E-state index contributed by atoms with van der Waals surface area (Å²) in [5, 5.41) is 13.8. The van der Waals surface area contributed by atoms with E-state index in [4.69, 9.17) is 21.3 Å². The van der Waals surface area contributed by atoms with E-state index in [0.29, 0.717) is 36.8 Å². The number of hydrogen-bond donors (Lipinski definition) is 2. The fourth-order valence-corrected chi connectivity index (χ4v) is 10.7. The Morgan fingerprint density at radius 2 is 1.98 bits per heavy atom. The highest BCUT2D eigenvalue weighted by atomic mass is 35.5. The number of halogens is 1. The zero-order chi connectivity index (χ0) is 28.7. The summed E-state index contributed by atoms with van der Waals surface area (Å²) >= 11 is 8.55. The van der Waals surface area contributed by atoms with Crippen LogP contribution >= 0.6 is 23.4 Å². The molecule has 10 heteroatoms. The van der Waals surface area contributed by atoms with E-state index in [-0.39, 0.29) is 40.3 Å². The smallest absolute Gasteiger partial charge is 0.308 e. The second-order valence-corrected chi connectivity index (χ2v) is 15.1. The van der Waals surface area contributed by atoms with Crippen LogP contribution in [0.1, 0.15) is 75.4 Å². The summed E-state index contributed by atoms with van der Waals surface area (Å²) in [7, 11) is 0. The van der Waals surface area contributed by atoms with Crippen LogP contribution in [0.4, 0.5) is 0 Å². The maximum atomic E-state index is 13.7. The van der Waals surface area contributed by atoms with E-state index in [2.05, 4.69) is 17.1 Å². The molecule has 0 bridgehead atoms. The number of aromatic nitrogens is 2. The summed E-state index contributed by atoms with van der Waals surface area (Å²) in [6, 6.07) is 0.732. The van der Waals surface area contributed by atoms with Crippen LogP contribution in [-0.4, -0.2) is 85.8 Å². The SMILES string of the molecule is Cc1nc2c(c(=O)n1CCOC1CCC(Cl)CC1C1CC(C)NC3C(C(=O)O)CSC13)C[C@@H](N1CCCCC1)CC2. The van der Waals surface area contributed by atoms with Gasteiger partial charge >= 0.3 is 5.97 Å². The van der Waals surface area contributed by atoms with E-state index < -0.39 is 5.97 Å². The van der Waals surface area contributed by atoms with Gasteiger partial charge in [-0.05, 0) is 96.6 Å². The molecule has 6 rings (SSSR count). The van der Waals surface area contributed by atoms with Crippen LogP contribution < -0.4 is 10.9 Å². The first-order valence-electron chi connectivity index (χ1n) is 16.0. The number of thioether (sulfide) groups is 1. The highest BCUT2D eigenvalue weighted by Crippen LogP contribution is 2.48. The number of rotatable bonds is 7. The van der Waals surface area contributed by atoms with Gasteiger partial charge in [0.05, 0.1) is 30.9 Å². The van der Waals surface area contributed by atoms with E-state index >= 15 is 0 Å². The lowest BCUT2D eigenvalue weighted by Gasteiger charge is -2.47. The van der Waals surface area contributed by atoms with Crippen molar-refractivity contribution in [3.8, 4) is 0 Å². The first-order valence-corrected chi connectivity index (χ1v) is 17.5. The maximum Gasteiger partial charge on any atom is 0.308 e.